The summed E-state index contributed by atoms with van der Waals surface area (Å²) in [5, 5.41) is 19.7. The van der Waals surface area contributed by atoms with Crippen LogP contribution in [0.25, 0.3) is 0 Å². The zero-order chi connectivity index (χ0) is 11.8. The van der Waals surface area contributed by atoms with Crippen LogP contribution in [0, 0.1) is 10.1 Å². The fraction of sp³-hybridized carbons (Fsp3) is 0.375. The molecule has 0 amide bonds. The topological polar surface area (TPSA) is 106 Å². The highest BCUT2D eigenvalue weighted by atomic mass is 79.9. The maximum atomic E-state index is 11.0. The van der Waals surface area contributed by atoms with Gasteiger partial charge in [-0.3, -0.25) is 10.1 Å². The number of allylic oxidation sites excluding steroid dienone is 2. The van der Waals surface area contributed by atoms with E-state index in [1.165, 1.54) is 19.1 Å². The molecule has 6 nitrogen and oxygen atoms in total. The number of nitro groups is 1. The van der Waals surface area contributed by atoms with E-state index in [4.69, 9.17) is 10.8 Å². The van der Waals surface area contributed by atoms with Crippen molar-refractivity contribution in [1.82, 2.24) is 0 Å². The molecule has 3 N–H and O–H groups in total. The second kappa shape index (κ2) is 3.74. The number of rotatable bonds is 2. The van der Waals surface area contributed by atoms with Crippen molar-refractivity contribution in [2.45, 2.75) is 18.5 Å². The van der Waals surface area contributed by atoms with Gasteiger partial charge in [0.1, 0.15) is 0 Å². The Morgan fingerprint density at radius 2 is 2.33 bits per heavy atom. The van der Waals surface area contributed by atoms with E-state index in [1.807, 2.05) is 0 Å². The number of halogens is 1. The number of nitrogens with zero attached hydrogens (tertiary/aromatic N) is 1. The van der Waals surface area contributed by atoms with Crippen molar-refractivity contribution in [2.75, 3.05) is 0 Å². The third kappa shape index (κ3) is 1.80. The number of hydrogen-bond acceptors (Lipinski definition) is 4. The Labute approximate surface area is 93.7 Å². The molecular weight excluding hydrogens is 268 g/mol. The average molecular weight is 277 g/mol. The Balaban J connectivity index is 3.31. The zero-order valence-electron chi connectivity index (χ0n) is 7.81. The summed E-state index contributed by atoms with van der Waals surface area (Å²) in [6.45, 7) is 1.46. The minimum absolute atomic E-state index is 0.242. The van der Waals surface area contributed by atoms with E-state index in [1.54, 1.807) is 0 Å². The largest absolute Gasteiger partial charge is 0.479 e. The van der Waals surface area contributed by atoms with E-state index in [0.29, 0.717) is 4.48 Å². The first-order valence-corrected chi connectivity index (χ1v) is 4.81. The lowest BCUT2D eigenvalue weighted by molar-refractivity contribution is -0.516. The first-order chi connectivity index (χ1) is 6.80. The lowest BCUT2D eigenvalue weighted by Crippen LogP contribution is -2.61. The molecule has 0 heterocycles. The summed E-state index contributed by atoms with van der Waals surface area (Å²) >= 11 is 3.07. The summed E-state index contributed by atoms with van der Waals surface area (Å²) < 4.78 is 0.462. The molecule has 2 unspecified atom stereocenters. The molecule has 0 saturated carbocycles. The van der Waals surface area contributed by atoms with Gasteiger partial charge in [0, 0.05) is 15.5 Å². The van der Waals surface area contributed by atoms with Gasteiger partial charge < -0.3 is 10.8 Å². The van der Waals surface area contributed by atoms with Crippen molar-refractivity contribution in [2.24, 2.45) is 5.73 Å². The van der Waals surface area contributed by atoms with Crippen LogP contribution >= 0.6 is 15.9 Å². The van der Waals surface area contributed by atoms with Crippen LogP contribution in [-0.2, 0) is 4.79 Å². The molecule has 0 spiro atoms. The van der Waals surface area contributed by atoms with Crippen LogP contribution in [0.4, 0.5) is 0 Å². The second-order valence-corrected chi connectivity index (χ2v) is 4.20. The number of hydrogen-bond donors (Lipinski definition) is 2. The summed E-state index contributed by atoms with van der Waals surface area (Å²) in [6, 6.07) is -1.46. The van der Waals surface area contributed by atoms with E-state index in [-0.39, 0.29) is 5.57 Å². The Morgan fingerprint density at radius 3 is 2.73 bits per heavy atom. The van der Waals surface area contributed by atoms with Crippen molar-refractivity contribution < 1.29 is 14.8 Å². The van der Waals surface area contributed by atoms with Gasteiger partial charge in [0.15, 0.2) is 0 Å². The number of carboxylic acids is 1. The minimum Gasteiger partial charge on any atom is -0.479 e. The lowest BCUT2D eigenvalue weighted by Gasteiger charge is -2.29. The molecule has 7 heteroatoms. The van der Waals surface area contributed by atoms with Crippen LogP contribution < -0.4 is 5.73 Å². The number of carbonyl (C=O) groups is 1. The maximum Gasteiger partial charge on any atom is 0.335 e. The molecule has 1 aliphatic carbocycles. The molecule has 0 aromatic carbocycles. The highest BCUT2D eigenvalue weighted by Gasteiger charge is 2.52. The van der Waals surface area contributed by atoms with Crippen LogP contribution in [-0.4, -0.2) is 27.6 Å². The highest BCUT2D eigenvalue weighted by molar-refractivity contribution is 9.11. The summed E-state index contributed by atoms with van der Waals surface area (Å²) in [4.78, 5) is 21.0. The smallest absolute Gasteiger partial charge is 0.335 e. The Hall–Kier alpha value is -1.21. The van der Waals surface area contributed by atoms with Gasteiger partial charge >= 0.3 is 5.97 Å². The molecule has 82 valence electrons. The van der Waals surface area contributed by atoms with Crippen molar-refractivity contribution >= 4 is 21.9 Å². The monoisotopic (exact) mass is 276 g/mol. The average Bonchev–Trinajstić information content (AvgIpc) is 2.10. The van der Waals surface area contributed by atoms with Crippen LogP contribution in [0.5, 0.6) is 0 Å². The van der Waals surface area contributed by atoms with Gasteiger partial charge in [0.05, 0.1) is 0 Å². The van der Waals surface area contributed by atoms with Gasteiger partial charge in [-0.2, -0.15) is 0 Å². The summed E-state index contributed by atoms with van der Waals surface area (Å²) in [5.74, 6) is -1.41. The Bertz CT molecular complexity index is 390. The molecule has 0 aromatic heterocycles. The molecule has 0 radical (unpaired) electrons. The maximum absolute atomic E-state index is 11.0. The lowest BCUT2D eigenvalue weighted by atomic mass is 9.81. The predicted octanol–water partition coefficient (Wildman–Crippen LogP) is 0.653. The van der Waals surface area contributed by atoms with Crippen molar-refractivity contribution in [3.8, 4) is 0 Å². The molecule has 0 saturated heterocycles. The Kier molecular flexibility index (Phi) is 2.96. The summed E-state index contributed by atoms with van der Waals surface area (Å²) in [7, 11) is 0. The van der Waals surface area contributed by atoms with Gasteiger partial charge in [-0.1, -0.05) is 15.9 Å². The van der Waals surface area contributed by atoms with Gasteiger partial charge in [-0.15, -0.1) is 0 Å². The number of aliphatic carboxylic acids is 1. The van der Waals surface area contributed by atoms with Gasteiger partial charge in [0.25, 0.3) is 6.04 Å². The van der Waals surface area contributed by atoms with Crippen LogP contribution in [0.1, 0.15) is 6.92 Å². The molecule has 1 rings (SSSR count). The fourth-order valence-corrected chi connectivity index (χ4v) is 2.01. The number of nitrogens with two attached hydrogens (primary N) is 1. The van der Waals surface area contributed by atoms with Gasteiger partial charge in [-0.05, 0) is 18.6 Å². The fourth-order valence-electron chi connectivity index (χ4n) is 1.41. The van der Waals surface area contributed by atoms with E-state index < -0.39 is 22.5 Å². The van der Waals surface area contributed by atoms with Gasteiger partial charge in [-0.25, -0.2) is 4.79 Å². The summed E-state index contributed by atoms with van der Waals surface area (Å²) in [5.41, 5.74) is 3.85. The Morgan fingerprint density at radius 1 is 1.80 bits per heavy atom. The molecule has 0 fully saturated rings. The molecular formula is C8H9BrN2O4. The molecule has 0 aliphatic heterocycles. The van der Waals surface area contributed by atoms with Crippen LogP contribution in [0.2, 0.25) is 0 Å². The first kappa shape index (κ1) is 11.9. The number of carboxylic acid groups (broad SMARTS) is 1. The van der Waals surface area contributed by atoms with Crippen LogP contribution in [0.15, 0.2) is 22.2 Å². The summed E-state index contributed by atoms with van der Waals surface area (Å²) in [6.07, 6.45) is 2.65. The second-order valence-electron chi connectivity index (χ2n) is 3.28. The van der Waals surface area contributed by atoms with Crippen molar-refractivity contribution in [3.63, 3.8) is 0 Å². The highest BCUT2D eigenvalue weighted by Crippen LogP contribution is 2.30. The van der Waals surface area contributed by atoms with Gasteiger partial charge in [0.2, 0.25) is 5.54 Å². The van der Waals surface area contributed by atoms with Crippen molar-refractivity contribution in [1.29, 1.82) is 0 Å². The van der Waals surface area contributed by atoms with E-state index in [0.717, 1.165) is 0 Å². The molecule has 15 heavy (non-hydrogen) atoms. The first-order valence-electron chi connectivity index (χ1n) is 4.02. The molecule has 1 aliphatic rings. The normalized spacial score (nSPS) is 30.5. The van der Waals surface area contributed by atoms with E-state index >= 15 is 0 Å². The van der Waals surface area contributed by atoms with Crippen LogP contribution in [0.3, 0.4) is 0 Å². The molecule has 0 aromatic rings. The molecule has 0 bridgehead atoms. The van der Waals surface area contributed by atoms with E-state index in [2.05, 4.69) is 15.9 Å². The third-order valence-corrected chi connectivity index (χ3v) is 2.86. The minimum atomic E-state index is -1.97. The zero-order valence-corrected chi connectivity index (χ0v) is 9.39. The van der Waals surface area contributed by atoms with E-state index in [9.17, 15) is 14.9 Å². The SMILES string of the molecule is CC1=CC(Br)=CC([N+](=O)[O-])C1(N)C(=O)O. The third-order valence-electron chi connectivity index (χ3n) is 2.37. The standard InChI is InChI=1S/C8H9BrN2O4/c1-4-2-5(9)3-6(11(14)15)8(4,10)7(12)13/h2-3,6H,10H2,1H3,(H,12,13). The molecule has 2 atom stereocenters. The predicted molar refractivity (Wildman–Crippen MR) is 56.1 cm³/mol. The van der Waals surface area contributed by atoms with Crippen molar-refractivity contribution in [3.05, 3.63) is 32.3 Å². The quantitative estimate of drug-likeness (QED) is 0.569.